The van der Waals surface area contributed by atoms with Crippen molar-refractivity contribution in [1.82, 2.24) is 4.57 Å². The lowest BCUT2D eigenvalue weighted by Gasteiger charge is -2.08. The van der Waals surface area contributed by atoms with Crippen molar-refractivity contribution in [3.05, 3.63) is 65.4 Å². The second-order valence-corrected chi connectivity index (χ2v) is 5.83. The lowest BCUT2D eigenvalue weighted by Crippen LogP contribution is -1.99. The second kappa shape index (κ2) is 4.96. The molecular formula is C19H19NO. The van der Waals surface area contributed by atoms with Gasteiger partial charge in [-0.25, -0.2) is 0 Å². The molecule has 0 atom stereocenters. The summed E-state index contributed by atoms with van der Waals surface area (Å²) in [7, 11) is 1.71. The Balaban J connectivity index is 1.68. The first kappa shape index (κ1) is 12.5. The Hall–Kier alpha value is -2.22. The average Bonchev–Trinajstić information content (AvgIpc) is 3.13. The van der Waals surface area contributed by atoms with Gasteiger partial charge in [0, 0.05) is 23.6 Å². The number of hydrogen-bond acceptors (Lipinski definition) is 1. The van der Waals surface area contributed by atoms with E-state index < -0.39 is 0 Å². The van der Waals surface area contributed by atoms with Gasteiger partial charge in [-0.15, -0.1) is 0 Å². The fraction of sp³-hybridized carbons (Fsp3) is 0.263. The standard InChI is InChI=1S/C19H19NO/c1-21-18-7-8-19-17(12-18)9-10-20(19)13-14-5-6-15-3-2-4-16(15)11-14/h5-12H,2-4,13H2,1H3. The predicted molar refractivity (Wildman–Crippen MR) is 86.1 cm³/mol. The summed E-state index contributed by atoms with van der Waals surface area (Å²) in [5.74, 6) is 0.915. The fourth-order valence-electron chi connectivity index (χ4n) is 3.36. The summed E-state index contributed by atoms with van der Waals surface area (Å²) in [4.78, 5) is 0. The normalized spacial score (nSPS) is 13.6. The number of aryl methyl sites for hydroxylation is 2. The number of benzene rings is 2. The number of ether oxygens (including phenoxy) is 1. The van der Waals surface area contributed by atoms with Crippen LogP contribution in [0.4, 0.5) is 0 Å². The summed E-state index contributed by atoms with van der Waals surface area (Å²) >= 11 is 0. The van der Waals surface area contributed by atoms with Gasteiger partial charge >= 0.3 is 0 Å². The van der Waals surface area contributed by atoms with Crippen molar-refractivity contribution in [3.63, 3.8) is 0 Å². The van der Waals surface area contributed by atoms with Crippen LogP contribution in [0, 0.1) is 0 Å². The quantitative estimate of drug-likeness (QED) is 0.700. The van der Waals surface area contributed by atoms with E-state index in [-0.39, 0.29) is 0 Å². The molecule has 0 unspecified atom stereocenters. The maximum Gasteiger partial charge on any atom is 0.119 e. The van der Waals surface area contributed by atoms with Gasteiger partial charge in [-0.2, -0.15) is 0 Å². The first-order valence-electron chi connectivity index (χ1n) is 7.57. The van der Waals surface area contributed by atoms with Crippen molar-refractivity contribution in [2.75, 3.05) is 7.11 Å². The number of rotatable bonds is 3. The van der Waals surface area contributed by atoms with Gasteiger partial charge < -0.3 is 9.30 Å². The van der Waals surface area contributed by atoms with Crippen molar-refractivity contribution in [1.29, 1.82) is 0 Å². The van der Waals surface area contributed by atoms with Gasteiger partial charge in [-0.05, 0) is 60.2 Å². The molecule has 2 heteroatoms. The van der Waals surface area contributed by atoms with E-state index in [0.29, 0.717) is 0 Å². The van der Waals surface area contributed by atoms with Crippen LogP contribution in [0.1, 0.15) is 23.1 Å². The topological polar surface area (TPSA) is 14.2 Å². The summed E-state index contributed by atoms with van der Waals surface area (Å²) in [6.07, 6.45) is 5.97. The minimum absolute atomic E-state index is 0.915. The highest BCUT2D eigenvalue weighted by molar-refractivity contribution is 5.81. The van der Waals surface area contributed by atoms with E-state index >= 15 is 0 Å². The van der Waals surface area contributed by atoms with E-state index in [1.165, 1.54) is 35.7 Å². The van der Waals surface area contributed by atoms with Crippen LogP contribution in [-0.4, -0.2) is 11.7 Å². The number of methoxy groups -OCH3 is 1. The Kier molecular flexibility index (Phi) is 2.95. The van der Waals surface area contributed by atoms with Crippen molar-refractivity contribution in [2.45, 2.75) is 25.8 Å². The molecule has 0 saturated heterocycles. The van der Waals surface area contributed by atoms with Gasteiger partial charge in [0.05, 0.1) is 7.11 Å². The van der Waals surface area contributed by atoms with Crippen molar-refractivity contribution in [2.24, 2.45) is 0 Å². The van der Waals surface area contributed by atoms with Gasteiger partial charge in [0.25, 0.3) is 0 Å². The first-order chi connectivity index (χ1) is 10.3. The van der Waals surface area contributed by atoms with Crippen LogP contribution in [-0.2, 0) is 19.4 Å². The number of nitrogens with zero attached hydrogens (tertiary/aromatic N) is 1. The van der Waals surface area contributed by atoms with Crippen LogP contribution in [0.15, 0.2) is 48.7 Å². The number of hydrogen-bond donors (Lipinski definition) is 0. The molecule has 0 bridgehead atoms. The highest BCUT2D eigenvalue weighted by Crippen LogP contribution is 2.25. The third-order valence-electron chi connectivity index (χ3n) is 4.49. The van der Waals surface area contributed by atoms with Gasteiger partial charge in [0.1, 0.15) is 5.75 Å². The van der Waals surface area contributed by atoms with Gasteiger partial charge in [-0.1, -0.05) is 18.2 Å². The molecule has 21 heavy (non-hydrogen) atoms. The number of aromatic nitrogens is 1. The summed E-state index contributed by atoms with van der Waals surface area (Å²) in [6.45, 7) is 0.934. The van der Waals surface area contributed by atoms with E-state index in [2.05, 4.69) is 47.2 Å². The molecule has 0 saturated carbocycles. The van der Waals surface area contributed by atoms with Gasteiger partial charge in [0.2, 0.25) is 0 Å². The zero-order valence-electron chi connectivity index (χ0n) is 12.3. The Morgan fingerprint density at radius 2 is 1.90 bits per heavy atom. The smallest absolute Gasteiger partial charge is 0.119 e. The Morgan fingerprint density at radius 1 is 1.00 bits per heavy atom. The summed E-state index contributed by atoms with van der Waals surface area (Å²) in [5.41, 5.74) is 5.74. The molecule has 0 amide bonds. The molecule has 4 rings (SSSR count). The monoisotopic (exact) mass is 277 g/mol. The second-order valence-electron chi connectivity index (χ2n) is 5.83. The highest BCUT2D eigenvalue weighted by Gasteiger charge is 2.11. The average molecular weight is 277 g/mol. The number of fused-ring (bicyclic) bond motifs is 2. The molecule has 1 aliphatic rings. The summed E-state index contributed by atoms with van der Waals surface area (Å²) < 4.78 is 7.60. The molecule has 0 aliphatic heterocycles. The van der Waals surface area contributed by atoms with Crippen LogP contribution in [0.25, 0.3) is 10.9 Å². The zero-order chi connectivity index (χ0) is 14.2. The predicted octanol–water partition coefficient (Wildman–Crippen LogP) is 4.19. The van der Waals surface area contributed by atoms with E-state index in [4.69, 9.17) is 4.74 Å². The maximum atomic E-state index is 5.29. The van der Waals surface area contributed by atoms with E-state index in [1.807, 2.05) is 6.07 Å². The van der Waals surface area contributed by atoms with Crippen molar-refractivity contribution < 1.29 is 4.74 Å². The molecule has 0 radical (unpaired) electrons. The van der Waals surface area contributed by atoms with Gasteiger partial charge in [-0.3, -0.25) is 0 Å². The van der Waals surface area contributed by atoms with E-state index in [1.54, 1.807) is 18.2 Å². The lowest BCUT2D eigenvalue weighted by atomic mass is 10.1. The van der Waals surface area contributed by atoms with Crippen LogP contribution in [0.3, 0.4) is 0 Å². The molecule has 0 N–H and O–H groups in total. The van der Waals surface area contributed by atoms with Crippen LogP contribution >= 0.6 is 0 Å². The first-order valence-corrected chi connectivity index (χ1v) is 7.57. The molecule has 2 nitrogen and oxygen atoms in total. The molecule has 1 heterocycles. The van der Waals surface area contributed by atoms with E-state index in [9.17, 15) is 0 Å². The highest BCUT2D eigenvalue weighted by atomic mass is 16.5. The maximum absolute atomic E-state index is 5.29. The van der Waals surface area contributed by atoms with Crippen molar-refractivity contribution >= 4 is 10.9 Å². The Labute approximate surface area is 125 Å². The molecule has 0 fully saturated rings. The Bertz CT molecular complexity index is 800. The lowest BCUT2D eigenvalue weighted by molar-refractivity contribution is 0.415. The molecule has 1 aliphatic carbocycles. The van der Waals surface area contributed by atoms with Crippen molar-refractivity contribution in [3.8, 4) is 5.75 Å². The summed E-state index contributed by atoms with van der Waals surface area (Å²) in [6, 6.07) is 15.4. The minimum atomic E-state index is 0.915. The van der Waals surface area contributed by atoms with Crippen LogP contribution in [0.5, 0.6) is 5.75 Å². The molecule has 1 aromatic heterocycles. The van der Waals surface area contributed by atoms with E-state index in [0.717, 1.165) is 12.3 Å². The largest absolute Gasteiger partial charge is 0.497 e. The fourth-order valence-corrected chi connectivity index (χ4v) is 3.36. The molecular weight excluding hydrogens is 258 g/mol. The molecule has 3 aromatic rings. The summed E-state index contributed by atoms with van der Waals surface area (Å²) in [5, 5.41) is 1.23. The van der Waals surface area contributed by atoms with Gasteiger partial charge in [0.15, 0.2) is 0 Å². The third-order valence-corrected chi connectivity index (χ3v) is 4.49. The van der Waals surface area contributed by atoms with Crippen LogP contribution in [0.2, 0.25) is 0 Å². The molecule has 0 spiro atoms. The third kappa shape index (κ3) is 2.21. The van der Waals surface area contributed by atoms with Crippen LogP contribution < -0.4 is 4.74 Å². The minimum Gasteiger partial charge on any atom is -0.497 e. The zero-order valence-corrected chi connectivity index (χ0v) is 12.3. The molecule has 2 aromatic carbocycles. The SMILES string of the molecule is COc1ccc2c(ccn2Cc2ccc3c(c2)CCC3)c1. The molecule has 106 valence electrons. The Morgan fingerprint density at radius 3 is 2.81 bits per heavy atom.